The number of aromatic nitrogens is 1. The lowest BCUT2D eigenvalue weighted by atomic mass is 10.0. The van der Waals surface area contributed by atoms with Crippen LogP contribution in [-0.2, 0) is 11.3 Å². The van der Waals surface area contributed by atoms with E-state index in [1.807, 2.05) is 43.3 Å². The number of para-hydroxylation sites is 1. The van der Waals surface area contributed by atoms with E-state index < -0.39 is 5.97 Å². The van der Waals surface area contributed by atoms with Crippen LogP contribution in [0.3, 0.4) is 0 Å². The standard InChI is InChI=1S/C26H25NO4/c1-18-15-21(14-13-20(18)12-11-19-7-3-4-8-19)26(28)30-17-22-16-24(27-31-22)23-9-5-6-10-25(23)29-2/h5-6,9-10,13-16,19H,3-4,7-8,17H2,1-2H3. The minimum Gasteiger partial charge on any atom is -0.496 e. The lowest BCUT2D eigenvalue weighted by Gasteiger charge is -2.05. The summed E-state index contributed by atoms with van der Waals surface area (Å²) in [5.74, 6) is 7.89. The highest BCUT2D eigenvalue weighted by atomic mass is 16.5. The van der Waals surface area contributed by atoms with E-state index >= 15 is 0 Å². The molecular weight excluding hydrogens is 390 g/mol. The fourth-order valence-corrected chi connectivity index (χ4v) is 3.77. The first kappa shape index (κ1) is 20.7. The Bertz CT molecular complexity index is 1130. The van der Waals surface area contributed by atoms with Crippen LogP contribution in [0, 0.1) is 24.7 Å². The molecule has 0 N–H and O–H groups in total. The van der Waals surface area contributed by atoms with Crippen LogP contribution in [0.25, 0.3) is 11.3 Å². The topological polar surface area (TPSA) is 61.6 Å². The van der Waals surface area contributed by atoms with Crippen molar-refractivity contribution in [3.63, 3.8) is 0 Å². The predicted octanol–water partition coefficient (Wildman–Crippen LogP) is 5.56. The van der Waals surface area contributed by atoms with Crippen LogP contribution < -0.4 is 4.74 Å². The number of esters is 1. The van der Waals surface area contributed by atoms with Crippen molar-refractivity contribution in [1.82, 2.24) is 5.16 Å². The van der Waals surface area contributed by atoms with Crippen molar-refractivity contribution in [2.45, 2.75) is 39.2 Å². The highest BCUT2D eigenvalue weighted by Crippen LogP contribution is 2.29. The number of ether oxygens (including phenoxy) is 2. The Labute approximate surface area is 182 Å². The SMILES string of the molecule is COc1ccccc1-c1cc(COC(=O)c2ccc(C#CC3CCCC3)c(C)c2)on1. The van der Waals surface area contributed by atoms with E-state index in [9.17, 15) is 4.79 Å². The molecule has 0 spiro atoms. The average molecular weight is 415 g/mol. The van der Waals surface area contributed by atoms with Crippen LogP contribution in [0.2, 0.25) is 0 Å². The van der Waals surface area contributed by atoms with E-state index in [0.717, 1.165) is 16.7 Å². The highest BCUT2D eigenvalue weighted by Gasteiger charge is 2.15. The summed E-state index contributed by atoms with van der Waals surface area (Å²) in [7, 11) is 1.61. The molecule has 1 aliphatic carbocycles. The van der Waals surface area contributed by atoms with Gasteiger partial charge in [0.15, 0.2) is 12.4 Å². The quantitative estimate of drug-likeness (QED) is 0.403. The Morgan fingerprint density at radius 2 is 1.97 bits per heavy atom. The second-order valence-electron chi connectivity index (χ2n) is 7.74. The second kappa shape index (κ2) is 9.53. The Hall–Kier alpha value is -3.52. The third-order valence-electron chi connectivity index (χ3n) is 5.52. The number of hydrogen-bond acceptors (Lipinski definition) is 5. The first-order valence-electron chi connectivity index (χ1n) is 10.5. The number of carbonyl (C=O) groups is 1. The van der Waals surface area contributed by atoms with Gasteiger partial charge in [-0.25, -0.2) is 4.79 Å². The number of hydrogen-bond donors (Lipinski definition) is 0. The molecule has 0 atom stereocenters. The Morgan fingerprint density at radius 3 is 2.74 bits per heavy atom. The smallest absolute Gasteiger partial charge is 0.338 e. The van der Waals surface area contributed by atoms with E-state index in [1.165, 1.54) is 25.7 Å². The van der Waals surface area contributed by atoms with Gasteiger partial charge in [-0.05, 0) is 55.7 Å². The maximum Gasteiger partial charge on any atom is 0.338 e. The van der Waals surface area contributed by atoms with Crippen LogP contribution in [-0.4, -0.2) is 18.2 Å². The monoisotopic (exact) mass is 415 g/mol. The van der Waals surface area contributed by atoms with Gasteiger partial charge >= 0.3 is 5.97 Å². The zero-order chi connectivity index (χ0) is 21.6. The van der Waals surface area contributed by atoms with Gasteiger partial charge in [-0.1, -0.05) is 42.0 Å². The van der Waals surface area contributed by atoms with Gasteiger partial charge in [0.25, 0.3) is 0 Å². The maximum absolute atomic E-state index is 12.5. The maximum atomic E-state index is 12.5. The van der Waals surface area contributed by atoms with Crippen molar-refractivity contribution in [2.75, 3.05) is 7.11 Å². The fourth-order valence-electron chi connectivity index (χ4n) is 3.77. The molecule has 0 bridgehead atoms. The summed E-state index contributed by atoms with van der Waals surface area (Å²) in [6, 6.07) is 14.8. The molecule has 1 saturated carbocycles. The van der Waals surface area contributed by atoms with E-state index in [-0.39, 0.29) is 6.61 Å². The Kier molecular flexibility index (Phi) is 6.37. The van der Waals surface area contributed by atoms with Gasteiger partial charge in [0, 0.05) is 23.1 Å². The summed E-state index contributed by atoms with van der Waals surface area (Å²) in [6.45, 7) is 1.97. The normalized spacial score (nSPS) is 13.5. The summed E-state index contributed by atoms with van der Waals surface area (Å²) in [5.41, 5.74) is 3.87. The van der Waals surface area contributed by atoms with Gasteiger partial charge in [0.2, 0.25) is 0 Å². The van der Waals surface area contributed by atoms with Gasteiger partial charge in [0.1, 0.15) is 11.4 Å². The summed E-state index contributed by atoms with van der Waals surface area (Å²) >= 11 is 0. The number of carbonyl (C=O) groups excluding carboxylic acids is 1. The molecule has 0 saturated heterocycles. The van der Waals surface area contributed by atoms with Crippen molar-refractivity contribution in [2.24, 2.45) is 5.92 Å². The van der Waals surface area contributed by atoms with Crippen molar-refractivity contribution in [1.29, 1.82) is 0 Å². The van der Waals surface area contributed by atoms with Gasteiger partial charge in [-0.3, -0.25) is 0 Å². The summed E-state index contributed by atoms with van der Waals surface area (Å²) in [6.07, 6.45) is 4.93. The summed E-state index contributed by atoms with van der Waals surface area (Å²) < 4.78 is 16.1. The number of benzene rings is 2. The molecular formula is C26H25NO4. The molecule has 1 heterocycles. The molecule has 0 unspecified atom stereocenters. The molecule has 1 aliphatic rings. The molecule has 1 fully saturated rings. The highest BCUT2D eigenvalue weighted by molar-refractivity contribution is 5.89. The first-order valence-corrected chi connectivity index (χ1v) is 10.5. The second-order valence-corrected chi connectivity index (χ2v) is 7.74. The number of rotatable bonds is 5. The molecule has 5 heteroatoms. The van der Waals surface area contributed by atoms with Crippen LogP contribution in [0.5, 0.6) is 5.75 Å². The predicted molar refractivity (Wildman–Crippen MR) is 118 cm³/mol. The number of nitrogens with zero attached hydrogens (tertiary/aromatic N) is 1. The average Bonchev–Trinajstić information content (AvgIpc) is 3.48. The largest absolute Gasteiger partial charge is 0.496 e. The van der Waals surface area contributed by atoms with Gasteiger partial charge in [-0.2, -0.15) is 0 Å². The lowest BCUT2D eigenvalue weighted by molar-refractivity contribution is 0.0437. The van der Waals surface area contributed by atoms with Gasteiger partial charge < -0.3 is 14.0 Å². The van der Waals surface area contributed by atoms with Crippen molar-refractivity contribution >= 4 is 5.97 Å². The fraction of sp³-hybridized carbons (Fsp3) is 0.308. The molecule has 3 aromatic rings. The van der Waals surface area contributed by atoms with Crippen LogP contribution in [0.4, 0.5) is 0 Å². The molecule has 2 aromatic carbocycles. The molecule has 158 valence electrons. The number of methoxy groups -OCH3 is 1. The number of aryl methyl sites for hydroxylation is 1. The van der Waals surface area contributed by atoms with E-state index in [0.29, 0.717) is 28.7 Å². The molecule has 0 aliphatic heterocycles. The lowest BCUT2D eigenvalue weighted by Crippen LogP contribution is -2.05. The van der Waals surface area contributed by atoms with Crippen molar-refractivity contribution < 1.29 is 18.8 Å². The van der Waals surface area contributed by atoms with E-state index in [4.69, 9.17) is 14.0 Å². The Morgan fingerprint density at radius 1 is 1.16 bits per heavy atom. The van der Waals surface area contributed by atoms with E-state index in [1.54, 1.807) is 19.2 Å². The minimum absolute atomic E-state index is 0.00324. The molecule has 0 radical (unpaired) electrons. The van der Waals surface area contributed by atoms with Crippen LogP contribution in [0.15, 0.2) is 53.1 Å². The summed E-state index contributed by atoms with van der Waals surface area (Å²) in [4.78, 5) is 12.5. The van der Waals surface area contributed by atoms with Crippen molar-refractivity contribution in [3.8, 4) is 28.8 Å². The van der Waals surface area contributed by atoms with Crippen LogP contribution in [0.1, 0.15) is 52.9 Å². The molecule has 5 nitrogen and oxygen atoms in total. The molecule has 0 amide bonds. The third-order valence-corrected chi connectivity index (χ3v) is 5.52. The zero-order valence-electron chi connectivity index (χ0n) is 17.8. The van der Waals surface area contributed by atoms with E-state index in [2.05, 4.69) is 17.0 Å². The first-order chi connectivity index (χ1) is 15.1. The van der Waals surface area contributed by atoms with Gasteiger partial charge in [0.05, 0.1) is 12.7 Å². The molecule has 1 aromatic heterocycles. The molecule has 4 rings (SSSR count). The third kappa shape index (κ3) is 4.97. The Balaban J connectivity index is 1.39. The zero-order valence-corrected chi connectivity index (χ0v) is 17.8. The minimum atomic E-state index is -0.409. The van der Waals surface area contributed by atoms with Crippen LogP contribution >= 0.6 is 0 Å². The molecule has 31 heavy (non-hydrogen) atoms. The van der Waals surface area contributed by atoms with Crippen molar-refractivity contribution in [3.05, 3.63) is 71.0 Å². The summed E-state index contributed by atoms with van der Waals surface area (Å²) in [5, 5.41) is 4.06. The van der Waals surface area contributed by atoms with Gasteiger partial charge in [-0.15, -0.1) is 0 Å².